The molecule has 0 amide bonds. The van der Waals surface area contributed by atoms with E-state index in [1.54, 1.807) is 12.1 Å². The lowest BCUT2D eigenvalue weighted by atomic mass is 10.2. The summed E-state index contributed by atoms with van der Waals surface area (Å²) in [7, 11) is 0. The number of halogens is 2. The predicted octanol–water partition coefficient (Wildman–Crippen LogP) is 5.96. The highest BCUT2D eigenvalue weighted by molar-refractivity contribution is 6.30. The lowest BCUT2D eigenvalue weighted by molar-refractivity contribution is 0.303. The van der Waals surface area contributed by atoms with Crippen molar-refractivity contribution in [1.29, 1.82) is 0 Å². The molecule has 0 aliphatic rings. The first-order valence-corrected chi connectivity index (χ1v) is 9.18. The van der Waals surface area contributed by atoms with Gasteiger partial charge in [0.1, 0.15) is 17.4 Å². The van der Waals surface area contributed by atoms with Crippen LogP contribution in [0.4, 0.5) is 4.39 Å². The van der Waals surface area contributed by atoms with Crippen LogP contribution in [0, 0.1) is 5.82 Å². The molecule has 0 radical (unpaired) electrons. The number of ether oxygens (including phenoxy) is 1. The molecule has 3 nitrogen and oxygen atoms in total. The van der Waals surface area contributed by atoms with Gasteiger partial charge in [0.05, 0.1) is 17.6 Å². The summed E-state index contributed by atoms with van der Waals surface area (Å²) in [4.78, 5) is 4.74. The molecule has 0 saturated carbocycles. The van der Waals surface area contributed by atoms with Crippen molar-refractivity contribution < 1.29 is 9.13 Å². The fraction of sp³-hybridized carbons (Fsp3) is 0.136. The Morgan fingerprint density at radius 2 is 1.67 bits per heavy atom. The molecule has 5 heteroatoms. The van der Waals surface area contributed by atoms with Gasteiger partial charge in [-0.1, -0.05) is 23.7 Å². The second kappa shape index (κ2) is 7.80. The van der Waals surface area contributed by atoms with Crippen molar-refractivity contribution in [1.82, 2.24) is 9.55 Å². The van der Waals surface area contributed by atoms with Crippen LogP contribution in [0.5, 0.6) is 5.75 Å². The summed E-state index contributed by atoms with van der Waals surface area (Å²) >= 11 is 5.89. The molecular formula is C22H18ClFN2O. The van der Waals surface area contributed by atoms with E-state index in [2.05, 4.69) is 10.6 Å². The summed E-state index contributed by atoms with van der Waals surface area (Å²) in [5.74, 6) is 1.38. The molecular weight excluding hydrogens is 363 g/mol. The Kier molecular flexibility index (Phi) is 5.07. The van der Waals surface area contributed by atoms with Gasteiger partial charge in [-0.15, -0.1) is 0 Å². The van der Waals surface area contributed by atoms with Gasteiger partial charge in [-0.05, 0) is 67.1 Å². The number of imidazole rings is 1. The highest BCUT2D eigenvalue weighted by Crippen LogP contribution is 2.25. The Morgan fingerprint density at radius 3 is 2.44 bits per heavy atom. The molecule has 0 saturated heterocycles. The van der Waals surface area contributed by atoms with Crippen LogP contribution < -0.4 is 4.74 Å². The van der Waals surface area contributed by atoms with Gasteiger partial charge in [0.25, 0.3) is 0 Å². The number of fused-ring (bicyclic) bond motifs is 1. The zero-order valence-corrected chi connectivity index (χ0v) is 15.4. The van der Waals surface area contributed by atoms with Crippen molar-refractivity contribution in [3.8, 4) is 17.1 Å². The third kappa shape index (κ3) is 3.96. The second-order valence-electron chi connectivity index (χ2n) is 6.24. The van der Waals surface area contributed by atoms with E-state index < -0.39 is 0 Å². The first kappa shape index (κ1) is 17.6. The molecule has 3 aromatic carbocycles. The van der Waals surface area contributed by atoms with E-state index in [1.165, 1.54) is 12.1 Å². The van der Waals surface area contributed by atoms with Gasteiger partial charge < -0.3 is 9.30 Å². The third-order valence-electron chi connectivity index (χ3n) is 4.37. The molecule has 0 fully saturated rings. The Labute approximate surface area is 162 Å². The molecule has 0 atom stereocenters. The minimum absolute atomic E-state index is 0.252. The minimum Gasteiger partial charge on any atom is -0.494 e. The standard InChI is InChI=1S/C22H18ClFN2O/c23-17-8-12-19(13-9-17)27-15-3-14-26-21-5-2-1-4-20(21)25-22(26)16-6-10-18(24)11-7-16/h1-2,4-13H,3,14-15H2. The molecule has 0 N–H and O–H groups in total. The van der Waals surface area contributed by atoms with Crippen LogP contribution in [0.15, 0.2) is 72.8 Å². The van der Waals surface area contributed by atoms with Gasteiger partial charge in [0.15, 0.2) is 0 Å². The Hall–Kier alpha value is -2.85. The van der Waals surface area contributed by atoms with Crippen molar-refractivity contribution in [3.63, 3.8) is 0 Å². The largest absolute Gasteiger partial charge is 0.494 e. The molecule has 136 valence electrons. The van der Waals surface area contributed by atoms with E-state index in [4.69, 9.17) is 21.3 Å². The topological polar surface area (TPSA) is 27.1 Å². The average Bonchev–Trinajstić information content (AvgIpc) is 3.06. The first-order chi connectivity index (χ1) is 13.2. The zero-order chi connectivity index (χ0) is 18.6. The number of aryl methyl sites for hydroxylation is 1. The minimum atomic E-state index is -0.252. The summed E-state index contributed by atoms with van der Waals surface area (Å²) in [6.07, 6.45) is 0.817. The highest BCUT2D eigenvalue weighted by atomic mass is 35.5. The van der Waals surface area contributed by atoms with Gasteiger partial charge in [-0.25, -0.2) is 9.37 Å². The third-order valence-corrected chi connectivity index (χ3v) is 4.62. The fourth-order valence-corrected chi connectivity index (χ4v) is 3.19. The number of rotatable bonds is 6. The maximum Gasteiger partial charge on any atom is 0.141 e. The molecule has 0 bridgehead atoms. The van der Waals surface area contributed by atoms with Gasteiger partial charge in [0, 0.05) is 17.1 Å². The number of hydrogen-bond acceptors (Lipinski definition) is 2. The maximum absolute atomic E-state index is 13.3. The summed E-state index contributed by atoms with van der Waals surface area (Å²) in [5, 5.41) is 0.691. The van der Waals surface area contributed by atoms with E-state index in [-0.39, 0.29) is 5.82 Å². The summed E-state index contributed by atoms with van der Waals surface area (Å²) in [5.41, 5.74) is 2.88. The number of nitrogens with zero attached hydrogens (tertiary/aromatic N) is 2. The van der Waals surface area contributed by atoms with Gasteiger partial charge in [-0.2, -0.15) is 0 Å². The molecule has 0 spiro atoms. The van der Waals surface area contributed by atoms with Gasteiger partial charge >= 0.3 is 0 Å². The van der Waals surface area contributed by atoms with Gasteiger partial charge in [0.2, 0.25) is 0 Å². The van der Waals surface area contributed by atoms with Gasteiger partial charge in [-0.3, -0.25) is 0 Å². The van der Waals surface area contributed by atoms with Crippen molar-refractivity contribution >= 4 is 22.6 Å². The Balaban J connectivity index is 1.53. The van der Waals surface area contributed by atoms with Crippen molar-refractivity contribution in [2.24, 2.45) is 0 Å². The Morgan fingerprint density at radius 1 is 0.926 bits per heavy atom. The molecule has 4 aromatic rings. The average molecular weight is 381 g/mol. The zero-order valence-electron chi connectivity index (χ0n) is 14.6. The summed E-state index contributed by atoms with van der Waals surface area (Å²) < 4.78 is 21.2. The number of benzene rings is 3. The smallest absolute Gasteiger partial charge is 0.141 e. The van der Waals surface area contributed by atoms with Crippen molar-refractivity contribution in [3.05, 3.63) is 83.6 Å². The van der Waals surface area contributed by atoms with Crippen LogP contribution in [0.25, 0.3) is 22.4 Å². The lowest BCUT2D eigenvalue weighted by Gasteiger charge is -2.11. The van der Waals surface area contributed by atoms with E-state index in [0.29, 0.717) is 11.6 Å². The molecule has 1 heterocycles. The molecule has 4 rings (SSSR count). The van der Waals surface area contributed by atoms with Crippen LogP contribution in [0.2, 0.25) is 5.02 Å². The SMILES string of the molecule is Fc1ccc(-c2nc3ccccc3n2CCCOc2ccc(Cl)cc2)cc1. The monoisotopic (exact) mass is 380 g/mol. The van der Waals surface area contributed by atoms with E-state index in [9.17, 15) is 4.39 Å². The molecule has 0 aliphatic carbocycles. The van der Waals surface area contributed by atoms with Crippen LogP contribution in [-0.2, 0) is 6.54 Å². The summed E-state index contributed by atoms with van der Waals surface area (Å²) in [6, 6.07) is 21.8. The normalized spacial score (nSPS) is 11.0. The van der Waals surface area contributed by atoms with Crippen molar-refractivity contribution in [2.75, 3.05) is 6.61 Å². The van der Waals surface area contributed by atoms with E-state index >= 15 is 0 Å². The first-order valence-electron chi connectivity index (χ1n) is 8.80. The molecule has 27 heavy (non-hydrogen) atoms. The predicted molar refractivity (Wildman–Crippen MR) is 107 cm³/mol. The van der Waals surface area contributed by atoms with Crippen LogP contribution in [-0.4, -0.2) is 16.2 Å². The molecule has 0 aliphatic heterocycles. The van der Waals surface area contributed by atoms with Crippen LogP contribution >= 0.6 is 11.6 Å². The van der Waals surface area contributed by atoms with Crippen LogP contribution in [0.1, 0.15) is 6.42 Å². The molecule has 0 unspecified atom stereocenters. The van der Waals surface area contributed by atoms with E-state index in [0.717, 1.165) is 41.1 Å². The second-order valence-corrected chi connectivity index (χ2v) is 6.68. The van der Waals surface area contributed by atoms with Crippen molar-refractivity contribution in [2.45, 2.75) is 13.0 Å². The fourth-order valence-electron chi connectivity index (χ4n) is 3.06. The number of para-hydroxylation sites is 2. The molecule has 1 aromatic heterocycles. The van der Waals surface area contributed by atoms with E-state index in [1.807, 2.05) is 42.5 Å². The summed E-state index contributed by atoms with van der Waals surface area (Å²) in [6.45, 7) is 1.33. The lowest BCUT2D eigenvalue weighted by Crippen LogP contribution is -2.06. The number of hydrogen-bond donors (Lipinski definition) is 0. The van der Waals surface area contributed by atoms with Crippen LogP contribution in [0.3, 0.4) is 0 Å². The Bertz CT molecular complexity index is 1040. The maximum atomic E-state index is 13.3. The quantitative estimate of drug-likeness (QED) is 0.385. The highest BCUT2D eigenvalue weighted by Gasteiger charge is 2.12. The number of aromatic nitrogens is 2.